The Labute approximate surface area is 86.7 Å². The van der Waals surface area contributed by atoms with Crippen LogP contribution < -0.4 is 4.74 Å². The number of hydrogen-bond acceptors (Lipinski definition) is 5. The van der Waals surface area contributed by atoms with Crippen LogP contribution in [0.2, 0.25) is 0 Å². The fourth-order valence-corrected chi connectivity index (χ4v) is 1.64. The molecule has 6 heteroatoms. The number of amides is 1. The van der Waals surface area contributed by atoms with E-state index in [1.54, 1.807) is 12.0 Å². The Morgan fingerprint density at radius 1 is 1.53 bits per heavy atom. The van der Waals surface area contributed by atoms with Gasteiger partial charge in [0, 0.05) is 6.54 Å². The van der Waals surface area contributed by atoms with Gasteiger partial charge in [0.05, 0.1) is 26.3 Å². The molecule has 2 heterocycles. The van der Waals surface area contributed by atoms with Crippen molar-refractivity contribution in [3.05, 3.63) is 11.3 Å². The Morgan fingerprint density at radius 3 is 3.00 bits per heavy atom. The van der Waals surface area contributed by atoms with Crippen LogP contribution in [0.3, 0.4) is 0 Å². The third-order valence-electron chi connectivity index (χ3n) is 2.43. The molecule has 0 aliphatic carbocycles. The molecule has 0 atom stereocenters. The lowest BCUT2D eigenvalue weighted by atomic mass is 10.1. The van der Waals surface area contributed by atoms with E-state index >= 15 is 0 Å². The zero-order chi connectivity index (χ0) is 10.8. The van der Waals surface area contributed by atoms with Gasteiger partial charge < -0.3 is 18.9 Å². The lowest BCUT2D eigenvalue weighted by molar-refractivity contribution is 0.113. The van der Waals surface area contributed by atoms with E-state index < -0.39 is 0 Å². The van der Waals surface area contributed by atoms with Crippen LogP contribution in [-0.4, -0.2) is 36.9 Å². The molecule has 1 aliphatic heterocycles. The Balaban J connectivity index is 2.17. The van der Waals surface area contributed by atoms with Crippen LogP contribution in [0, 0.1) is 0 Å². The molecule has 1 aliphatic rings. The van der Waals surface area contributed by atoms with E-state index in [2.05, 4.69) is 9.89 Å². The summed E-state index contributed by atoms with van der Waals surface area (Å²) in [6, 6.07) is 0. The van der Waals surface area contributed by atoms with Crippen LogP contribution in [0.25, 0.3) is 0 Å². The first-order valence-corrected chi connectivity index (χ1v) is 4.60. The van der Waals surface area contributed by atoms with Gasteiger partial charge in [0.15, 0.2) is 5.76 Å². The number of carbonyl (C=O) groups is 1. The molecule has 1 amide bonds. The van der Waals surface area contributed by atoms with Crippen molar-refractivity contribution in [2.45, 2.75) is 13.0 Å². The van der Waals surface area contributed by atoms with Gasteiger partial charge in [-0.2, -0.15) is 0 Å². The standard InChI is InChI=1S/C9H12N2O4/c1-13-8-6-3-4-11(9(12)14-2)5-7(6)15-10-8/h3-5H2,1-2H3. The first-order chi connectivity index (χ1) is 7.26. The quantitative estimate of drug-likeness (QED) is 0.689. The van der Waals surface area contributed by atoms with Gasteiger partial charge in [-0.25, -0.2) is 4.79 Å². The molecule has 2 rings (SSSR count). The summed E-state index contributed by atoms with van der Waals surface area (Å²) in [5.74, 6) is 1.18. The van der Waals surface area contributed by atoms with Crippen molar-refractivity contribution < 1.29 is 18.8 Å². The van der Waals surface area contributed by atoms with E-state index in [9.17, 15) is 4.79 Å². The minimum Gasteiger partial charge on any atom is -0.479 e. The second-order valence-corrected chi connectivity index (χ2v) is 3.24. The van der Waals surface area contributed by atoms with Crippen LogP contribution in [0.4, 0.5) is 4.79 Å². The van der Waals surface area contributed by atoms with Crippen molar-refractivity contribution in [2.75, 3.05) is 20.8 Å². The highest BCUT2D eigenvalue weighted by Crippen LogP contribution is 2.27. The molecule has 0 fully saturated rings. The Morgan fingerprint density at radius 2 is 2.33 bits per heavy atom. The van der Waals surface area contributed by atoms with E-state index in [0.29, 0.717) is 31.2 Å². The first-order valence-electron chi connectivity index (χ1n) is 4.60. The highest BCUT2D eigenvalue weighted by Gasteiger charge is 2.27. The van der Waals surface area contributed by atoms with Gasteiger partial charge in [0.1, 0.15) is 0 Å². The third kappa shape index (κ3) is 1.62. The molecule has 0 aromatic carbocycles. The van der Waals surface area contributed by atoms with E-state index in [1.807, 2.05) is 0 Å². The summed E-state index contributed by atoms with van der Waals surface area (Å²) in [7, 11) is 2.91. The van der Waals surface area contributed by atoms with Gasteiger partial charge in [-0.1, -0.05) is 0 Å². The first kappa shape index (κ1) is 9.82. The van der Waals surface area contributed by atoms with Crippen molar-refractivity contribution in [2.24, 2.45) is 0 Å². The van der Waals surface area contributed by atoms with E-state index in [1.165, 1.54) is 7.11 Å². The molecular weight excluding hydrogens is 200 g/mol. The number of ether oxygens (including phenoxy) is 2. The fourth-order valence-electron chi connectivity index (χ4n) is 1.64. The minimum absolute atomic E-state index is 0.351. The van der Waals surface area contributed by atoms with Crippen molar-refractivity contribution in [3.8, 4) is 5.88 Å². The molecule has 1 aromatic heterocycles. The van der Waals surface area contributed by atoms with Crippen LogP contribution >= 0.6 is 0 Å². The molecule has 0 bridgehead atoms. The highest BCUT2D eigenvalue weighted by atomic mass is 16.5. The van der Waals surface area contributed by atoms with E-state index in [4.69, 9.17) is 9.26 Å². The SMILES string of the molecule is COC(=O)N1CCc2c(OC)noc2C1. The summed E-state index contributed by atoms with van der Waals surface area (Å²) in [6.45, 7) is 0.982. The Hall–Kier alpha value is -1.72. The molecule has 0 saturated heterocycles. The van der Waals surface area contributed by atoms with Crippen LogP contribution in [-0.2, 0) is 17.7 Å². The Kier molecular flexibility index (Phi) is 2.49. The predicted octanol–water partition coefficient (Wildman–Crippen LogP) is 0.808. The maximum absolute atomic E-state index is 11.3. The normalized spacial score (nSPS) is 14.7. The van der Waals surface area contributed by atoms with E-state index in [0.717, 1.165) is 5.56 Å². The number of rotatable bonds is 1. The monoisotopic (exact) mass is 212 g/mol. The number of fused-ring (bicyclic) bond motifs is 1. The minimum atomic E-state index is -0.351. The fraction of sp³-hybridized carbons (Fsp3) is 0.556. The van der Waals surface area contributed by atoms with Gasteiger partial charge in [-0.15, -0.1) is 0 Å². The second kappa shape index (κ2) is 3.80. The molecule has 0 spiro atoms. The molecule has 6 nitrogen and oxygen atoms in total. The van der Waals surface area contributed by atoms with Gasteiger partial charge in [-0.05, 0) is 11.6 Å². The summed E-state index contributed by atoms with van der Waals surface area (Å²) in [5, 5.41) is 3.76. The molecule has 0 N–H and O–H groups in total. The molecule has 1 aromatic rings. The summed E-state index contributed by atoms with van der Waals surface area (Å²) >= 11 is 0. The average molecular weight is 212 g/mol. The van der Waals surface area contributed by atoms with Crippen molar-refractivity contribution >= 4 is 6.09 Å². The van der Waals surface area contributed by atoms with Crippen LogP contribution in [0.5, 0.6) is 5.88 Å². The van der Waals surface area contributed by atoms with Crippen LogP contribution in [0.1, 0.15) is 11.3 Å². The maximum atomic E-state index is 11.3. The highest BCUT2D eigenvalue weighted by molar-refractivity contribution is 5.67. The predicted molar refractivity (Wildman–Crippen MR) is 49.6 cm³/mol. The number of aromatic nitrogens is 1. The molecule has 82 valence electrons. The molecule has 0 unspecified atom stereocenters. The summed E-state index contributed by atoms with van der Waals surface area (Å²) < 4.78 is 14.7. The molecule has 0 radical (unpaired) electrons. The smallest absolute Gasteiger partial charge is 0.409 e. The van der Waals surface area contributed by atoms with E-state index in [-0.39, 0.29) is 6.09 Å². The number of methoxy groups -OCH3 is 2. The maximum Gasteiger partial charge on any atom is 0.409 e. The van der Waals surface area contributed by atoms with Crippen molar-refractivity contribution in [3.63, 3.8) is 0 Å². The zero-order valence-electron chi connectivity index (χ0n) is 8.65. The summed E-state index contributed by atoms with van der Waals surface area (Å²) in [4.78, 5) is 12.8. The van der Waals surface area contributed by atoms with Crippen molar-refractivity contribution in [1.82, 2.24) is 10.1 Å². The number of nitrogens with zero attached hydrogens (tertiary/aromatic N) is 2. The number of carbonyl (C=O) groups excluding carboxylic acids is 1. The summed E-state index contributed by atoms with van der Waals surface area (Å²) in [5.41, 5.74) is 0.942. The second-order valence-electron chi connectivity index (χ2n) is 3.24. The Bertz CT molecular complexity index is 374. The van der Waals surface area contributed by atoms with Crippen molar-refractivity contribution in [1.29, 1.82) is 0 Å². The van der Waals surface area contributed by atoms with Gasteiger partial charge in [0.25, 0.3) is 5.88 Å². The molecule has 0 saturated carbocycles. The summed E-state index contributed by atoms with van der Waals surface area (Å²) in [6.07, 6.45) is 0.327. The lowest BCUT2D eigenvalue weighted by Crippen LogP contribution is -2.35. The van der Waals surface area contributed by atoms with Gasteiger partial charge in [-0.3, -0.25) is 0 Å². The van der Waals surface area contributed by atoms with Gasteiger partial charge in [0.2, 0.25) is 0 Å². The molecule has 15 heavy (non-hydrogen) atoms. The van der Waals surface area contributed by atoms with Gasteiger partial charge >= 0.3 is 6.09 Å². The average Bonchev–Trinajstić information content (AvgIpc) is 2.69. The topological polar surface area (TPSA) is 64.8 Å². The number of hydrogen-bond donors (Lipinski definition) is 0. The zero-order valence-corrected chi connectivity index (χ0v) is 8.65. The largest absolute Gasteiger partial charge is 0.479 e. The van der Waals surface area contributed by atoms with Crippen LogP contribution in [0.15, 0.2) is 4.52 Å². The third-order valence-corrected chi connectivity index (χ3v) is 2.43. The molecular formula is C9H12N2O4. The lowest BCUT2D eigenvalue weighted by Gasteiger charge is -2.23.